The first-order valence-corrected chi connectivity index (χ1v) is 6.10. The third-order valence-electron chi connectivity index (χ3n) is 3.21. The van der Waals surface area contributed by atoms with E-state index < -0.39 is 0 Å². The standard InChI is InChI=1S/C15H15N3O/c1-19-12-4-2-11(3-5-12)10-18-9-7-13-14(16)6-8-17-15(13)18/h2-9H,10H2,1H3,(H2,16,17). The highest BCUT2D eigenvalue weighted by Crippen LogP contribution is 2.21. The molecule has 3 aromatic rings. The SMILES string of the molecule is COc1ccc(Cn2ccc3c(N)ccnc32)cc1. The Morgan fingerprint density at radius 3 is 2.68 bits per heavy atom. The number of hydrogen-bond acceptors (Lipinski definition) is 3. The second-order valence-electron chi connectivity index (χ2n) is 4.43. The number of pyridine rings is 1. The van der Waals surface area contributed by atoms with E-state index in [-0.39, 0.29) is 0 Å². The number of nitrogen functional groups attached to an aromatic ring is 1. The molecule has 0 aliphatic heterocycles. The molecule has 1 aromatic carbocycles. The molecule has 0 aliphatic rings. The Morgan fingerprint density at radius 1 is 1.16 bits per heavy atom. The molecule has 0 atom stereocenters. The first kappa shape index (κ1) is 11.6. The number of methoxy groups -OCH3 is 1. The second kappa shape index (κ2) is 4.65. The maximum atomic E-state index is 5.93. The van der Waals surface area contributed by atoms with Gasteiger partial charge in [0.1, 0.15) is 11.4 Å². The van der Waals surface area contributed by atoms with Gasteiger partial charge < -0.3 is 15.0 Å². The van der Waals surface area contributed by atoms with Crippen molar-refractivity contribution in [2.24, 2.45) is 0 Å². The topological polar surface area (TPSA) is 53.1 Å². The van der Waals surface area contributed by atoms with Crippen molar-refractivity contribution >= 4 is 16.7 Å². The lowest BCUT2D eigenvalue weighted by molar-refractivity contribution is 0.414. The summed E-state index contributed by atoms with van der Waals surface area (Å²) in [6.45, 7) is 0.768. The first-order chi connectivity index (χ1) is 9.28. The Balaban J connectivity index is 1.94. The quantitative estimate of drug-likeness (QED) is 0.780. The monoisotopic (exact) mass is 253 g/mol. The Labute approximate surface area is 111 Å². The first-order valence-electron chi connectivity index (χ1n) is 6.10. The second-order valence-corrected chi connectivity index (χ2v) is 4.43. The summed E-state index contributed by atoms with van der Waals surface area (Å²) in [5.74, 6) is 0.864. The fourth-order valence-corrected chi connectivity index (χ4v) is 2.17. The molecule has 2 heterocycles. The minimum Gasteiger partial charge on any atom is -0.497 e. The summed E-state index contributed by atoms with van der Waals surface area (Å²) in [5.41, 5.74) is 8.80. The molecule has 0 aliphatic carbocycles. The Morgan fingerprint density at radius 2 is 1.95 bits per heavy atom. The molecule has 3 rings (SSSR count). The van der Waals surface area contributed by atoms with Crippen molar-refractivity contribution < 1.29 is 4.74 Å². The number of anilines is 1. The summed E-state index contributed by atoms with van der Waals surface area (Å²) in [7, 11) is 1.67. The molecule has 0 unspecified atom stereocenters. The van der Waals surface area contributed by atoms with Crippen LogP contribution in [0.25, 0.3) is 11.0 Å². The number of rotatable bonds is 3. The van der Waals surface area contributed by atoms with Gasteiger partial charge >= 0.3 is 0 Å². The number of benzene rings is 1. The summed E-state index contributed by atoms with van der Waals surface area (Å²) in [6.07, 6.45) is 3.75. The van der Waals surface area contributed by atoms with Gasteiger partial charge in [-0.1, -0.05) is 12.1 Å². The molecular formula is C15H15N3O. The Hall–Kier alpha value is -2.49. The van der Waals surface area contributed by atoms with Gasteiger partial charge in [-0.25, -0.2) is 4.98 Å². The largest absolute Gasteiger partial charge is 0.497 e. The fourth-order valence-electron chi connectivity index (χ4n) is 2.17. The lowest BCUT2D eigenvalue weighted by Gasteiger charge is -2.06. The Kier molecular flexibility index (Phi) is 2.83. The molecule has 4 heteroatoms. The summed E-state index contributed by atoms with van der Waals surface area (Å²) in [6, 6.07) is 11.8. The summed E-state index contributed by atoms with van der Waals surface area (Å²) >= 11 is 0. The molecule has 2 aromatic heterocycles. The van der Waals surface area contributed by atoms with Gasteiger partial charge in [0.15, 0.2) is 0 Å². The molecule has 2 N–H and O–H groups in total. The van der Waals surface area contributed by atoms with Crippen molar-refractivity contribution in [2.45, 2.75) is 6.54 Å². The van der Waals surface area contributed by atoms with E-state index in [1.165, 1.54) is 5.56 Å². The van der Waals surface area contributed by atoms with Crippen molar-refractivity contribution in [1.29, 1.82) is 0 Å². The molecule has 0 amide bonds. The summed E-state index contributed by atoms with van der Waals surface area (Å²) in [4.78, 5) is 4.39. The van der Waals surface area contributed by atoms with Crippen molar-refractivity contribution in [3.8, 4) is 5.75 Å². The van der Waals surface area contributed by atoms with Crippen molar-refractivity contribution in [1.82, 2.24) is 9.55 Å². The third-order valence-corrected chi connectivity index (χ3v) is 3.21. The van der Waals surface area contributed by atoms with Crippen molar-refractivity contribution in [2.75, 3.05) is 12.8 Å². The maximum Gasteiger partial charge on any atom is 0.142 e. The van der Waals surface area contributed by atoms with Crippen LogP contribution >= 0.6 is 0 Å². The molecule has 0 fully saturated rings. The molecule has 0 saturated carbocycles. The molecule has 19 heavy (non-hydrogen) atoms. The van der Waals surface area contributed by atoms with Crippen LogP contribution in [0.1, 0.15) is 5.56 Å². The van der Waals surface area contributed by atoms with E-state index in [2.05, 4.69) is 21.7 Å². The zero-order valence-electron chi connectivity index (χ0n) is 10.7. The highest BCUT2D eigenvalue weighted by atomic mass is 16.5. The summed E-state index contributed by atoms with van der Waals surface area (Å²) in [5, 5.41) is 0.996. The fraction of sp³-hybridized carbons (Fsp3) is 0.133. The number of fused-ring (bicyclic) bond motifs is 1. The number of aromatic nitrogens is 2. The van der Waals surface area contributed by atoms with E-state index in [4.69, 9.17) is 10.5 Å². The molecule has 96 valence electrons. The van der Waals surface area contributed by atoms with Crippen LogP contribution in [0.15, 0.2) is 48.8 Å². The predicted octanol–water partition coefficient (Wildman–Crippen LogP) is 2.68. The van der Waals surface area contributed by atoms with Crippen LogP contribution in [0.3, 0.4) is 0 Å². The van der Waals surface area contributed by atoms with E-state index in [1.807, 2.05) is 30.5 Å². The molecule has 0 spiro atoms. The smallest absolute Gasteiger partial charge is 0.142 e. The number of nitrogens with two attached hydrogens (primary N) is 1. The lowest BCUT2D eigenvalue weighted by atomic mass is 10.2. The Bertz CT molecular complexity index is 701. The van der Waals surface area contributed by atoms with Crippen LogP contribution in [-0.4, -0.2) is 16.7 Å². The van der Waals surface area contributed by atoms with Crippen LogP contribution in [-0.2, 0) is 6.54 Å². The minimum absolute atomic E-state index is 0.762. The molecular weight excluding hydrogens is 238 g/mol. The highest BCUT2D eigenvalue weighted by molar-refractivity contribution is 5.88. The highest BCUT2D eigenvalue weighted by Gasteiger charge is 2.05. The van der Waals surface area contributed by atoms with E-state index in [9.17, 15) is 0 Å². The number of hydrogen-bond donors (Lipinski definition) is 1. The molecule has 0 bridgehead atoms. The van der Waals surface area contributed by atoms with E-state index in [1.54, 1.807) is 13.3 Å². The average Bonchev–Trinajstić information content (AvgIpc) is 2.84. The van der Waals surface area contributed by atoms with Crippen LogP contribution in [0.2, 0.25) is 0 Å². The van der Waals surface area contributed by atoms with Crippen LogP contribution in [0.4, 0.5) is 5.69 Å². The minimum atomic E-state index is 0.762. The van der Waals surface area contributed by atoms with Gasteiger partial charge in [0.25, 0.3) is 0 Å². The average molecular weight is 253 g/mol. The zero-order valence-corrected chi connectivity index (χ0v) is 10.7. The zero-order chi connectivity index (χ0) is 13.2. The van der Waals surface area contributed by atoms with Crippen molar-refractivity contribution in [3.05, 3.63) is 54.4 Å². The third kappa shape index (κ3) is 2.12. The normalized spacial score (nSPS) is 10.8. The van der Waals surface area contributed by atoms with Crippen LogP contribution < -0.4 is 10.5 Å². The van der Waals surface area contributed by atoms with Crippen LogP contribution in [0, 0.1) is 0 Å². The van der Waals surface area contributed by atoms with Gasteiger partial charge in [0.2, 0.25) is 0 Å². The molecule has 0 saturated heterocycles. The van der Waals surface area contributed by atoms with Crippen molar-refractivity contribution in [3.63, 3.8) is 0 Å². The van der Waals surface area contributed by atoms with Gasteiger partial charge in [-0.3, -0.25) is 0 Å². The molecule has 4 nitrogen and oxygen atoms in total. The predicted molar refractivity (Wildman–Crippen MR) is 76.2 cm³/mol. The van der Waals surface area contributed by atoms with Gasteiger partial charge in [-0.2, -0.15) is 0 Å². The number of nitrogens with zero attached hydrogens (tertiary/aromatic N) is 2. The van der Waals surface area contributed by atoms with Crippen LogP contribution in [0.5, 0.6) is 5.75 Å². The van der Waals surface area contributed by atoms with Gasteiger partial charge in [0, 0.05) is 30.0 Å². The van der Waals surface area contributed by atoms with E-state index >= 15 is 0 Å². The van der Waals surface area contributed by atoms with Gasteiger partial charge in [0.05, 0.1) is 7.11 Å². The number of ether oxygens (including phenoxy) is 1. The van der Waals surface area contributed by atoms with Gasteiger partial charge in [-0.05, 0) is 29.8 Å². The summed E-state index contributed by atoms with van der Waals surface area (Å²) < 4.78 is 7.25. The van der Waals surface area contributed by atoms with E-state index in [0.717, 1.165) is 29.0 Å². The lowest BCUT2D eigenvalue weighted by Crippen LogP contribution is -1.99. The van der Waals surface area contributed by atoms with E-state index in [0.29, 0.717) is 0 Å². The van der Waals surface area contributed by atoms with Gasteiger partial charge in [-0.15, -0.1) is 0 Å². The maximum absolute atomic E-state index is 5.93. The molecule has 0 radical (unpaired) electrons.